The lowest BCUT2D eigenvalue weighted by Gasteiger charge is -2.27. The molecule has 1 unspecified atom stereocenters. The number of phenols is 1. The minimum atomic E-state index is -0.134. The summed E-state index contributed by atoms with van der Waals surface area (Å²) in [7, 11) is 3.99. The van der Waals surface area contributed by atoms with E-state index in [0.717, 1.165) is 38.0 Å². The number of hydrogen-bond donors (Lipinski definition) is 1. The molecule has 3 rings (SSSR count). The Bertz CT molecular complexity index is 771. The summed E-state index contributed by atoms with van der Waals surface area (Å²) in [6, 6.07) is 15.5. The summed E-state index contributed by atoms with van der Waals surface area (Å²) in [6.45, 7) is 2.70. The van der Waals surface area contributed by atoms with Crippen LogP contribution in [-0.2, 0) is 11.2 Å². The molecule has 1 amide bonds. The van der Waals surface area contributed by atoms with E-state index in [0.29, 0.717) is 18.7 Å². The van der Waals surface area contributed by atoms with E-state index < -0.39 is 0 Å². The molecule has 1 aliphatic heterocycles. The number of amides is 1. The Morgan fingerprint density at radius 2 is 1.89 bits per heavy atom. The minimum Gasteiger partial charge on any atom is -0.507 e. The van der Waals surface area contributed by atoms with E-state index in [1.165, 1.54) is 5.56 Å². The zero-order valence-corrected chi connectivity index (χ0v) is 16.8. The SMILES string of the molecule is CN(C)CCN(CC1CCCO1)C(=O)c1cc(Cc2ccccc2)ccc1O. The third kappa shape index (κ3) is 5.57. The van der Waals surface area contributed by atoms with Gasteiger partial charge in [-0.2, -0.15) is 0 Å². The van der Waals surface area contributed by atoms with Crippen molar-refractivity contribution in [2.45, 2.75) is 25.4 Å². The van der Waals surface area contributed by atoms with Gasteiger partial charge in [0, 0.05) is 26.2 Å². The number of aromatic hydroxyl groups is 1. The Balaban J connectivity index is 1.78. The van der Waals surface area contributed by atoms with Gasteiger partial charge in [-0.25, -0.2) is 0 Å². The highest BCUT2D eigenvalue weighted by molar-refractivity contribution is 5.97. The van der Waals surface area contributed by atoms with Gasteiger partial charge in [0.25, 0.3) is 5.91 Å². The van der Waals surface area contributed by atoms with E-state index in [1.807, 2.05) is 49.3 Å². The molecule has 1 saturated heterocycles. The smallest absolute Gasteiger partial charge is 0.257 e. The molecular formula is C23H30N2O3. The van der Waals surface area contributed by atoms with Crippen LogP contribution in [0.25, 0.3) is 0 Å². The second-order valence-electron chi connectivity index (χ2n) is 7.70. The highest BCUT2D eigenvalue weighted by atomic mass is 16.5. The van der Waals surface area contributed by atoms with Crippen molar-refractivity contribution < 1.29 is 14.6 Å². The van der Waals surface area contributed by atoms with E-state index >= 15 is 0 Å². The largest absolute Gasteiger partial charge is 0.507 e. The van der Waals surface area contributed by atoms with Gasteiger partial charge in [-0.05, 0) is 56.6 Å². The number of carbonyl (C=O) groups is 1. The fourth-order valence-electron chi connectivity index (χ4n) is 3.50. The van der Waals surface area contributed by atoms with E-state index in [9.17, 15) is 9.90 Å². The van der Waals surface area contributed by atoms with Crippen LogP contribution in [0.5, 0.6) is 5.75 Å². The number of nitrogens with zero attached hydrogens (tertiary/aromatic N) is 2. The van der Waals surface area contributed by atoms with Crippen molar-refractivity contribution in [3.63, 3.8) is 0 Å². The molecule has 0 radical (unpaired) electrons. The van der Waals surface area contributed by atoms with Crippen LogP contribution in [-0.4, -0.2) is 67.3 Å². The Labute approximate surface area is 167 Å². The molecule has 5 nitrogen and oxygen atoms in total. The Morgan fingerprint density at radius 1 is 1.11 bits per heavy atom. The van der Waals surface area contributed by atoms with Gasteiger partial charge in [0.2, 0.25) is 0 Å². The highest BCUT2D eigenvalue weighted by Crippen LogP contribution is 2.23. The van der Waals surface area contributed by atoms with Crippen LogP contribution in [0.3, 0.4) is 0 Å². The van der Waals surface area contributed by atoms with Crippen molar-refractivity contribution in [1.82, 2.24) is 9.80 Å². The number of carbonyl (C=O) groups excluding carboxylic acids is 1. The molecule has 0 saturated carbocycles. The molecule has 150 valence electrons. The summed E-state index contributed by atoms with van der Waals surface area (Å²) >= 11 is 0. The Morgan fingerprint density at radius 3 is 2.57 bits per heavy atom. The molecule has 1 N–H and O–H groups in total. The number of phenolic OH excluding ortho intramolecular Hbond substituents is 1. The van der Waals surface area contributed by atoms with Crippen molar-refractivity contribution >= 4 is 5.91 Å². The lowest BCUT2D eigenvalue weighted by Crippen LogP contribution is -2.41. The average Bonchev–Trinajstić information content (AvgIpc) is 3.20. The first-order chi connectivity index (χ1) is 13.5. The van der Waals surface area contributed by atoms with Crippen LogP contribution >= 0.6 is 0 Å². The lowest BCUT2D eigenvalue weighted by atomic mass is 10.0. The van der Waals surface area contributed by atoms with Crippen LogP contribution in [0.1, 0.15) is 34.3 Å². The third-order valence-corrected chi connectivity index (χ3v) is 5.09. The van der Waals surface area contributed by atoms with Crippen molar-refractivity contribution in [2.24, 2.45) is 0 Å². The summed E-state index contributed by atoms with van der Waals surface area (Å²) < 4.78 is 5.74. The third-order valence-electron chi connectivity index (χ3n) is 5.09. The zero-order valence-electron chi connectivity index (χ0n) is 16.8. The first-order valence-electron chi connectivity index (χ1n) is 9.94. The molecule has 0 aliphatic carbocycles. The van der Waals surface area contributed by atoms with Crippen LogP contribution in [0.2, 0.25) is 0 Å². The summed E-state index contributed by atoms with van der Waals surface area (Å²) in [4.78, 5) is 17.1. The molecule has 2 aromatic rings. The number of ether oxygens (including phenoxy) is 1. The molecule has 0 aromatic heterocycles. The van der Waals surface area contributed by atoms with Crippen LogP contribution in [0, 0.1) is 0 Å². The van der Waals surface area contributed by atoms with Gasteiger partial charge < -0.3 is 19.6 Å². The zero-order chi connectivity index (χ0) is 19.9. The second kappa shape index (κ2) is 9.71. The summed E-state index contributed by atoms with van der Waals surface area (Å²) in [6.07, 6.45) is 2.83. The maximum Gasteiger partial charge on any atom is 0.257 e. The maximum absolute atomic E-state index is 13.3. The molecule has 5 heteroatoms. The van der Waals surface area contributed by atoms with Gasteiger partial charge in [0.15, 0.2) is 0 Å². The fraction of sp³-hybridized carbons (Fsp3) is 0.435. The highest BCUT2D eigenvalue weighted by Gasteiger charge is 2.25. The Kier molecular flexibility index (Phi) is 7.06. The summed E-state index contributed by atoms with van der Waals surface area (Å²) in [5.41, 5.74) is 2.55. The maximum atomic E-state index is 13.3. The van der Waals surface area contributed by atoms with Crippen molar-refractivity contribution in [3.8, 4) is 5.75 Å². The monoisotopic (exact) mass is 382 g/mol. The van der Waals surface area contributed by atoms with Gasteiger partial charge in [-0.3, -0.25) is 4.79 Å². The van der Waals surface area contributed by atoms with Gasteiger partial charge in [0.05, 0.1) is 11.7 Å². The lowest BCUT2D eigenvalue weighted by molar-refractivity contribution is 0.0510. The molecule has 1 atom stereocenters. The van der Waals surface area contributed by atoms with Gasteiger partial charge >= 0.3 is 0 Å². The number of likely N-dealkylation sites (N-methyl/N-ethyl adjacent to an activating group) is 1. The van der Waals surface area contributed by atoms with Gasteiger partial charge in [-0.15, -0.1) is 0 Å². The first-order valence-corrected chi connectivity index (χ1v) is 9.94. The van der Waals surface area contributed by atoms with Crippen molar-refractivity contribution in [3.05, 3.63) is 65.2 Å². The topological polar surface area (TPSA) is 53.0 Å². The molecule has 1 fully saturated rings. The average molecular weight is 383 g/mol. The van der Waals surface area contributed by atoms with E-state index in [4.69, 9.17) is 4.74 Å². The minimum absolute atomic E-state index is 0.0315. The molecule has 1 aliphatic rings. The summed E-state index contributed by atoms with van der Waals surface area (Å²) in [5.74, 6) is -0.103. The molecule has 2 aromatic carbocycles. The standard InChI is InChI=1S/C23H30N2O3/c1-24(2)12-13-25(17-20-9-6-14-28-20)23(27)21-16-19(10-11-22(21)26)15-18-7-4-3-5-8-18/h3-5,7-8,10-11,16,20,26H,6,9,12-15,17H2,1-2H3. The molecule has 0 spiro atoms. The van der Waals surface area contributed by atoms with Gasteiger partial charge in [-0.1, -0.05) is 36.4 Å². The van der Waals surface area contributed by atoms with E-state index in [-0.39, 0.29) is 17.8 Å². The molecular weight excluding hydrogens is 352 g/mol. The van der Waals surface area contributed by atoms with Crippen molar-refractivity contribution in [2.75, 3.05) is 40.3 Å². The molecule has 1 heterocycles. The van der Waals surface area contributed by atoms with Crippen molar-refractivity contribution in [1.29, 1.82) is 0 Å². The fourth-order valence-corrected chi connectivity index (χ4v) is 3.50. The predicted molar refractivity (Wildman–Crippen MR) is 111 cm³/mol. The quantitative estimate of drug-likeness (QED) is 0.762. The van der Waals surface area contributed by atoms with E-state index in [1.54, 1.807) is 6.07 Å². The first kappa shape index (κ1) is 20.4. The van der Waals surface area contributed by atoms with Crippen LogP contribution < -0.4 is 0 Å². The van der Waals surface area contributed by atoms with E-state index in [2.05, 4.69) is 17.0 Å². The number of hydrogen-bond acceptors (Lipinski definition) is 4. The normalized spacial score (nSPS) is 16.5. The second-order valence-corrected chi connectivity index (χ2v) is 7.70. The van der Waals surface area contributed by atoms with Crippen LogP contribution in [0.15, 0.2) is 48.5 Å². The molecule has 0 bridgehead atoms. The predicted octanol–water partition coefficient (Wildman–Crippen LogP) is 3.17. The van der Waals surface area contributed by atoms with Crippen LogP contribution in [0.4, 0.5) is 0 Å². The summed E-state index contributed by atoms with van der Waals surface area (Å²) in [5, 5.41) is 10.4. The molecule has 28 heavy (non-hydrogen) atoms. The number of benzene rings is 2. The number of rotatable bonds is 8. The Hall–Kier alpha value is -2.37. The van der Waals surface area contributed by atoms with Gasteiger partial charge in [0.1, 0.15) is 5.75 Å².